The molecule has 0 saturated carbocycles. The number of H-pyrrole nitrogens is 1. The van der Waals surface area contributed by atoms with E-state index >= 15 is 0 Å². The Labute approximate surface area is 157 Å². The summed E-state index contributed by atoms with van der Waals surface area (Å²) in [4.78, 5) is 23.9. The number of carbonyl (C=O) groups is 2. The SMILES string of the molecule is COc1ccc(C(C)=O)cc1COC(=O)c1cc(-c2ccc(C)cc2)n[nH]1. The van der Waals surface area contributed by atoms with E-state index in [1.807, 2.05) is 31.2 Å². The molecule has 2 aromatic carbocycles. The van der Waals surface area contributed by atoms with Gasteiger partial charge in [-0.15, -0.1) is 0 Å². The van der Waals surface area contributed by atoms with Crippen LogP contribution in [0, 0.1) is 6.92 Å². The minimum absolute atomic E-state index is 0.0119. The van der Waals surface area contributed by atoms with Crippen molar-refractivity contribution in [1.82, 2.24) is 10.2 Å². The van der Waals surface area contributed by atoms with E-state index in [9.17, 15) is 9.59 Å². The monoisotopic (exact) mass is 364 g/mol. The summed E-state index contributed by atoms with van der Waals surface area (Å²) < 4.78 is 10.6. The second-order valence-corrected chi connectivity index (χ2v) is 6.19. The predicted octanol–water partition coefficient (Wildman–Crippen LogP) is 3.95. The van der Waals surface area contributed by atoms with Crippen LogP contribution in [0.15, 0.2) is 48.5 Å². The normalized spacial score (nSPS) is 10.5. The van der Waals surface area contributed by atoms with Gasteiger partial charge in [0.25, 0.3) is 0 Å². The van der Waals surface area contributed by atoms with Crippen molar-refractivity contribution in [3.8, 4) is 17.0 Å². The number of aromatic amines is 1. The molecule has 6 nitrogen and oxygen atoms in total. The van der Waals surface area contributed by atoms with Crippen LogP contribution in [0.2, 0.25) is 0 Å². The van der Waals surface area contributed by atoms with Crippen LogP contribution >= 0.6 is 0 Å². The molecule has 0 saturated heterocycles. The Morgan fingerprint density at radius 3 is 2.48 bits per heavy atom. The fraction of sp³-hybridized carbons (Fsp3) is 0.190. The van der Waals surface area contributed by atoms with Crippen LogP contribution in [0.1, 0.15) is 38.9 Å². The van der Waals surface area contributed by atoms with Gasteiger partial charge >= 0.3 is 5.97 Å². The summed E-state index contributed by atoms with van der Waals surface area (Å²) in [5.41, 5.74) is 4.13. The van der Waals surface area contributed by atoms with Crippen molar-refractivity contribution in [3.63, 3.8) is 0 Å². The minimum Gasteiger partial charge on any atom is -0.496 e. The third-order valence-corrected chi connectivity index (χ3v) is 4.19. The Balaban J connectivity index is 1.72. The van der Waals surface area contributed by atoms with E-state index in [-0.39, 0.29) is 18.1 Å². The van der Waals surface area contributed by atoms with Gasteiger partial charge in [0.15, 0.2) is 5.78 Å². The number of aromatic nitrogens is 2. The number of aryl methyl sites for hydroxylation is 1. The summed E-state index contributed by atoms with van der Waals surface area (Å²) >= 11 is 0. The number of ketones is 1. The van der Waals surface area contributed by atoms with Crippen molar-refractivity contribution in [2.75, 3.05) is 7.11 Å². The average molecular weight is 364 g/mol. The van der Waals surface area contributed by atoms with Gasteiger partial charge in [-0.2, -0.15) is 5.10 Å². The molecule has 3 rings (SSSR count). The summed E-state index contributed by atoms with van der Waals surface area (Å²) in [6, 6.07) is 14.5. The van der Waals surface area contributed by atoms with Crippen molar-refractivity contribution in [1.29, 1.82) is 0 Å². The molecule has 27 heavy (non-hydrogen) atoms. The number of hydrogen-bond donors (Lipinski definition) is 1. The van der Waals surface area contributed by atoms with Crippen LogP contribution in [-0.4, -0.2) is 29.1 Å². The molecule has 0 unspecified atom stereocenters. The van der Waals surface area contributed by atoms with Gasteiger partial charge in [-0.25, -0.2) is 4.79 Å². The third kappa shape index (κ3) is 4.23. The number of carbonyl (C=O) groups excluding carboxylic acids is 2. The van der Waals surface area contributed by atoms with E-state index in [1.54, 1.807) is 24.3 Å². The molecule has 0 radical (unpaired) electrons. The van der Waals surface area contributed by atoms with Gasteiger partial charge in [0.05, 0.1) is 12.8 Å². The smallest absolute Gasteiger partial charge is 0.356 e. The molecular formula is C21H20N2O4. The number of methoxy groups -OCH3 is 1. The van der Waals surface area contributed by atoms with Crippen LogP contribution in [0.25, 0.3) is 11.3 Å². The van der Waals surface area contributed by atoms with Gasteiger partial charge in [-0.3, -0.25) is 9.89 Å². The lowest BCUT2D eigenvalue weighted by Crippen LogP contribution is -2.07. The molecule has 1 N–H and O–H groups in total. The molecule has 0 aliphatic rings. The van der Waals surface area contributed by atoms with Crippen LogP contribution in [0.5, 0.6) is 5.75 Å². The maximum Gasteiger partial charge on any atom is 0.356 e. The second-order valence-electron chi connectivity index (χ2n) is 6.19. The number of hydrogen-bond acceptors (Lipinski definition) is 5. The number of nitrogens with zero attached hydrogens (tertiary/aromatic N) is 1. The van der Waals surface area contributed by atoms with Crippen molar-refractivity contribution >= 4 is 11.8 Å². The second kappa shape index (κ2) is 7.86. The highest BCUT2D eigenvalue weighted by Gasteiger charge is 2.15. The molecule has 0 atom stereocenters. The summed E-state index contributed by atoms with van der Waals surface area (Å²) in [6.07, 6.45) is 0. The zero-order chi connectivity index (χ0) is 19.4. The minimum atomic E-state index is -0.531. The summed E-state index contributed by atoms with van der Waals surface area (Å²) in [6.45, 7) is 3.48. The van der Waals surface area contributed by atoms with E-state index in [0.29, 0.717) is 22.6 Å². The summed E-state index contributed by atoms with van der Waals surface area (Å²) in [7, 11) is 1.52. The molecule has 0 spiro atoms. The number of benzene rings is 2. The Morgan fingerprint density at radius 1 is 1.07 bits per heavy atom. The van der Waals surface area contributed by atoms with Gasteiger partial charge in [0, 0.05) is 16.7 Å². The standard InChI is InChI=1S/C21H20N2O4/c1-13-4-6-15(7-5-13)18-11-19(23-22-18)21(25)27-12-17-10-16(14(2)24)8-9-20(17)26-3/h4-11H,12H2,1-3H3,(H,22,23). The summed E-state index contributed by atoms with van der Waals surface area (Å²) in [5.74, 6) is -0.0459. The lowest BCUT2D eigenvalue weighted by molar-refractivity contribution is 0.0463. The first kappa shape index (κ1) is 18.4. The van der Waals surface area contributed by atoms with Gasteiger partial charge in [0.1, 0.15) is 18.1 Å². The Kier molecular flexibility index (Phi) is 5.35. The molecule has 138 valence electrons. The quantitative estimate of drug-likeness (QED) is 0.529. The Bertz CT molecular complexity index is 974. The molecule has 6 heteroatoms. The molecule has 0 bridgehead atoms. The van der Waals surface area contributed by atoms with E-state index in [1.165, 1.54) is 14.0 Å². The van der Waals surface area contributed by atoms with Crippen molar-refractivity contribution < 1.29 is 19.1 Å². The topological polar surface area (TPSA) is 81.3 Å². The average Bonchev–Trinajstić information content (AvgIpc) is 3.16. The molecule has 1 heterocycles. The highest BCUT2D eigenvalue weighted by atomic mass is 16.5. The van der Waals surface area contributed by atoms with E-state index in [2.05, 4.69) is 10.2 Å². The number of esters is 1. The van der Waals surface area contributed by atoms with Gasteiger partial charge in [-0.05, 0) is 38.1 Å². The zero-order valence-corrected chi connectivity index (χ0v) is 15.4. The molecule has 1 aromatic heterocycles. The largest absolute Gasteiger partial charge is 0.496 e. The summed E-state index contributed by atoms with van der Waals surface area (Å²) in [5, 5.41) is 6.87. The van der Waals surface area contributed by atoms with Gasteiger partial charge in [0.2, 0.25) is 0 Å². The number of Topliss-reactive ketones (excluding diaryl/α,β-unsaturated/α-hetero) is 1. The highest BCUT2D eigenvalue weighted by molar-refractivity contribution is 5.94. The fourth-order valence-electron chi connectivity index (χ4n) is 2.63. The van der Waals surface area contributed by atoms with E-state index in [4.69, 9.17) is 9.47 Å². The Hall–Kier alpha value is -3.41. The lowest BCUT2D eigenvalue weighted by Gasteiger charge is -2.10. The molecule has 0 aliphatic heterocycles. The fourth-order valence-corrected chi connectivity index (χ4v) is 2.63. The van der Waals surface area contributed by atoms with Crippen LogP contribution in [-0.2, 0) is 11.3 Å². The molecule has 3 aromatic rings. The third-order valence-electron chi connectivity index (χ3n) is 4.19. The van der Waals surface area contributed by atoms with Crippen LogP contribution in [0.4, 0.5) is 0 Å². The van der Waals surface area contributed by atoms with Gasteiger partial charge < -0.3 is 9.47 Å². The molecule has 0 aliphatic carbocycles. The lowest BCUT2D eigenvalue weighted by atomic mass is 10.1. The number of ether oxygens (including phenoxy) is 2. The number of rotatable bonds is 6. The first-order chi connectivity index (χ1) is 13.0. The zero-order valence-electron chi connectivity index (χ0n) is 15.4. The highest BCUT2D eigenvalue weighted by Crippen LogP contribution is 2.22. The maximum atomic E-state index is 12.3. The Morgan fingerprint density at radius 2 is 1.81 bits per heavy atom. The first-order valence-corrected chi connectivity index (χ1v) is 8.45. The van der Waals surface area contributed by atoms with E-state index < -0.39 is 5.97 Å². The first-order valence-electron chi connectivity index (χ1n) is 8.45. The van der Waals surface area contributed by atoms with Crippen LogP contribution < -0.4 is 4.74 Å². The van der Waals surface area contributed by atoms with Crippen molar-refractivity contribution in [2.45, 2.75) is 20.5 Å². The predicted molar refractivity (Wildman–Crippen MR) is 101 cm³/mol. The molecule has 0 amide bonds. The number of nitrogens with one attached hydrogen (secondary N) is 1. The van der Waals surface area contributed by atoms with Crippen molar-refractivity contribution in [2.24, 2.45) is 0 Å². The van der Waals surface area contributed by atoms with Gasteiger partial charge in [-0.1, -0.05) is 29.8 Å². The molecular weight excluding hydrogens is 344 g/mol. The maximum absolute atomic E-state index is 12.3. The molecule has 0 fully saturated rings. The van der Waals surface area contributed by atoms with E-state index in [0.717, 1.165) is 11.1 Å². The van der Waals surface area contributed by atoms with Crippen LogP contribution in [0.3, 0.4) is 0 Å². The van der Waals surface area contributed by atoms with Crippen molar-refractivity contribution in [3.05, 3.63) is 70.9 Å².